The summed E-state index contributed by atoms with van der Waals surface area (Å²) in [6.07, 6.45) is 6.64. The summed E-state index contributed by atoms with van der Waals surface area (Å²) in [6.45, 7) is 0.277. The second-order valence-electron chi connectivity index (χ2n) is 6.48. The van der Waals surface area contributed by atoms with Crippen molar-refractivity contribution in [2.45, 2.75) is 38.5 Å². The Morgan fingerprint density at radius 3 is 2.44 bits per heavy atom. The van der Waals surface area contributed by atoms with Crippen molar-refractivity contribution in [3.63, 3.8) is 0 Å². The first-order chi connectivity index (χ1) is 7.61. The predicted octanol–water partition coefficient (Wildman–Crippen LogP) is 1.31. The molecule has 0 aromatic rings. The minimum absolute atomic E-state index is 0.0800. The molecule has 3 heteroatoms. The summed E-state index contributed by atoms with van der Waals surface area (Å²) in [5.41, 5.74) is -0.0574. The van der Waals surface area contributed by atoms with E-state index in [2.05, 4.69) is 5.32 Å². The van der Waals surface area contributed by atoms with E-state index in [1.807, 2.05) is 0 Å². The normalized spacial score (nSPS) is 49.4. The zero-order valence-electron chi connectivity index (χ0n) is 9.96. The minimum atomic E-state index is -0.137. The average molecular weight is 223 g/mol. The van der Waals surface area contributed by atoms with Crippen molar-refractivity contribution in [2.24, 2.45) is 22.7 Å². The largest absolute Gasteiger partial charge is 0.396 e. The van der Waals surface area contributed by atoms with Gasteiger partial charge >= 0.3 is 0 Å². The monoisotopic (exact) mass is 223 g/mol. The van der Waals surface area contributed by atoms with Gasteiger partial charge in [0.1, 0.15) is 0 Å². The van der Waals surface area contributed by atoms with E-state index in [9.17, 15) is 9.90 Å². The third-order valence-electron chi connectivity index (χ3n) is 5.23. The van der Waals surface area contributed by atoms with Gasteiger partial charge in [-0.05, 0) is 55.8 Å². The molecule has 4 rings (SSSR count). The van der Waals surface area contributed by atoms with Crippen molar-refractivity contribution in [2.75, 3.05) is 13.7 Å². The van der Waals surface area contributed by atoms with Crippen LogP contribution in [-0.2, 0) is 4.79 Å². The number of aliphatic hydroxyl groups is 1. The van der Waals surface area contributed by atoms with E-state index in [0.717, 1.165) is 32.1 Å². The fraction of sp³-hybridized carbons (Fsp3) is 0.923. The van der Waals surface area contributed by atoms with Gasteiger partial charge in [0.2, 0.25) is 5.91 Å². The molecule has 90 valence electrons. The Kier molecular flexibility index (Phi) is 2.13. The first-order valence-electron chi connectivity index (χ1n) is 6.44. The first-order valence-corrected chi connectivity index (χ1v) is 6.44. The minimum Gasteiger partial charge on any atom is -0.396 e. The van der Waals surface area contributed by atoms with Crippen LogP contribution in [0.1, 0.15) is 38.5 Å². The third kappa shape index (κ3) is 1.27. The molecule has 4 bridgehead atoms. The molecule has 0 aliphatic heterocycles. The lowest BCUT2D eigenvalue weighted by atomic mass is 9.44. The number of carbonyl (C=O) groups is 1. The lowest BCUT2D eigenvalue weighted by Crippen LogP contribution is -2.58. The highest BCUT2D eigenvalue weighted by Crippen LogP contribution is 2.65. The zero-order chi connectivity index (χ0) is 11.4. The van der Waals surface area contributed by atoms with Crippen LogP contribution in [0, 0.1) is 22.7 Å². The standard InChI is InChI=1S/C13H21NO2/c1-14-11(16)13-5-9-2-10(6-13)4-12(3-9,7-13)8-15/h9-10,15H,2-8H2,1H3,(H,14,16). The van der Waals surface area contributed by atoms with Crippen molar-refractivity contribution in [1.29, 1.82) is 0 Å². The van der Waals surface area contributed by atoms with E-state index in [0.29, 0.717) is 11.8 Å². The number of nitrogens with one attached hydrogen (secondary N) is 1. The van der Waals surface area contributed by atoms with E-state index < -0.39 is 0 Å². The summed E-state index contributed by atoms with van der Waals surface area (Å²) in [7, 11) is 1.74. The molecule has 0 radical (unpaired) electrons. The SMILES string of the molecule is CNC(=O)C12CC3CC(CC(CO)(C3)C1)C2. The number of carbonyl (C=O) groups excluding carboxylic acids is 1. The van der Waals surface area contributed by atoms with Gasteiger partial charge in [-0.15, -0.1) is 0 Å². The van der Waals surface area contributed by atoms with Crippen LogP contribution in [0.4, 0.5) is 0 Å². The molecule has 4 aliphatic carbocycles. The highest BCUT2D eigenvalue weighted by atomic mass is 16.3. The zero-order valence-corrected chi connectivity index (χ0v) is 9.96. The van der Waals surface area contributed by atoms with Crippen LogP contribution in [0.15, 0.2) is 0 Å². The third-order valence-corrected chi connectivity index (χ3v) is 5.23. The Morgan fingerprint density at radius 1 is 1.31 bits per heavy atom. The van der Waals surface area contributed by atoms with E-state index in [1.165, 1.54) is 6.42 Å². The highest BCUT2D eigenvalue weighted by Gasteiger charge is 2.60. The van der Waals surface area contributed by atoms with Crippen LogP contribution in [0.25, 0.3) is 0 Å². The van der Waals surface area contributed by atoms with Crippen LogP contribution in [-0.4, -0.2) is 24.7 Å². The Morgan fingerprint density at radius 2 is 1.94 bits per heavy atom. The van der Waals surface area contributed by atoms with Crippen LogP contribution >= 0.6 is 0 Å². The molecule has 2 atom stereocenters. The molecule has 4 saturated carbocycles. The van der Waals surface area contributed by atoms with E-state index >= 15 is 0 Å². The summed E-state index contributed by atoms with van der Waals surface area (Å²) in [5, 5.41) is 12.5. The molecule has 4 fully saturated rings. The second kappa shape index (κ2) is 3.22. The number of aliphatic hydroxyl groups excluding tert-OH is 1. The summed E-state index contributed by atoms with van der Waals surface area (Å²) in [4.78, 5) is 12.1. The Bertz CT molecular complexity index is 312. The van der Waals surface area contributed by atoms with Crippen molar-refractivity contribution in [1.82, 2.24) is 5.32 Å². The van der Waals surface area contributed by atoms with E-state index in [1.54, 1.807) is 7.05 Å². The topological polar surface area (TPSA) is 49.3 Å². The molecule has 2 N–H and O–H groups in total. The smallest absolute Gasteiger partial charge is 0.226 e. The maximum Gasteiger partial charge on any atom is 0.226 e. The summed E-state index contributed by atoms with van der Waals surface area (Å²) >= 11 is 0. The van der Waals surface area contributed by atoms with Crippen LogP contribution in [0.2, 0.25) is 0 Å². The van der Waals surface area contributed by atoms with Gasteiger partial charge in [-0.25, -0.2) is 0 Å². The van der Waals surface area contributed by atoms with E-state index in [-0.39, 0.29) is 23.3 Å². The molecule has 0 spiro atoms. The van der Waals surface area contributed by atoms with Gasteiger partial charge in [-0.3, -0.25) is 4.79 Å². The number of rotatable bonds is 2. The molecular formula is C13H21NO2. The van der Waals surface area contributed by atoms with Gasteiger partial charge in [0.25, 0.3) is 0 Å². The average Bonchev–Trinajstić information content (AvgIpc) is 2.26. The van der Waals surface area contributed by atoms with Crippen LogP contribution in [0.3, 0.4) is 0 Å². The van der Waals surface area contributed by atoms with Gasteiger partial charge < -0.3 is 10.4 Å². The highest BCUT2D eigenvalue weighted by molar-refractivity contribution is 5.83. The molecule has 4 aliphatic rings. The molecule has 0 saturated heterocycles. The molecule has 3 nitrogen and oxygen atoms in total. The van der Waals surface area contributed by atoms with Crippen LogP contribution < -0.4 is 5.32 Å². The van der Waals surface area contributed by atoms with Crippen molar-refractivity contribution in [3.05, 3.63) is 0 Å². The molecule has 2 unspecified atom stereocenters. The molecular weight excluding hydrogens is 202 g/mol. The molecule has 1 amide bonds. The fourth-order valence-electron chi connectivity index (χ4n) is 5.17. The Balaban J connectivity index is 1.95. The summed E-state index contributed by atoms with van der Waals surface area (Å²) < 4.78 is 0. The maximum absolute atomic E-state index is 12.1. The van der Waals surface area contributed by atoms with Gasteiger partial charge in [-0.1, -0.05) is 0 Å². The van der Waals surface area contributed by atoms with Crippen molar-refractivity contribution < 1.29 is 9.90 Å². The number of hydrogen-bond donors (Lipinski definition) is 2. The maximum atomic E-state index is 12.1. The lowest BCUT2D eigenvalue weighted by Gasteiger charge is -2.60. The molecule has 0 heterocycles. The molecule has 0 aromatic carbocycles. The Labute approximate surface area is 96.6 Å². The number of hydrogen-bond acceptors (Lipinski definition) is 2. The molecule has 0 aromatic heterocycles. The first kappa shape index (κ1) is 10.6. The quantitative estimate of drug-likeness (QED) is 0.741. The van der Waals surface area contributed by atoms with E-state index in [4.69, 9.17) is 0 Å². The molecule has 16 heavy (non-hydrogen) atoms. The van der Waals surface area contributed by atoms with Crippen molar-refractivity contribution in [3.8, 4) is 0 Å². The van der Waals surface area contributed by atoms with Gasteiger partial charge in [0.15, 0.2) is 0 Å². The van der Waals surface area contributed by atoms with Crippen molar-refractivity contribution >= 4 is 5.91 Å². The summed E-state index contributed by atoms with van der Waals surface area (Å²) in [5.74, 6) is 1.59. The fourth-order valence-corrected chi connectivity index (χ4v) is 5.17. The lowest BCUT2D eigenvalue weighted by molar-refractivity contribution is -0.162. The predicted molar refractivity (Wildman–Crippen MR) is 60.7 cm³/mol. The van der Waals surface area contributed by atoms with Gasteiger partial charge in [-0.2, -0.15) is 0 Å². The Hall–Kier alpha value is -0.570. The van der Waals surface area contributed by atoms with Gasteiger partial charge in [0, 0.05) is 13.7 Å². The van der Waals surface area contributed by atoms with Crippen LogP contribution in [0.5, 0.6) is 0 Å². The second-order valence-corrected chi connectivity index (χ2v) is 6.48. The summed E-state index contributed by atoms with van der Waals surface area (Å²) in [6, 6.07) is 0. The number of amides is 1. The van der Waals surface area contributed by atoms with Gasteiger partial charge in [0.05, 0.1) is 5.41 Å².